The number of hydrogen-bond acceptors (Lipinski definition) is 3. The largest absolute Gasteiger partial charge is 0.399 e. The maximum atomic E-state index is 12.9. The molecule has 0 bridgehead atoms. The first-order valence-corrected chi connectivity index (χ1v) is 8.34. The Balaban J connectivity index is 2.61. The maximum Gasteiger partial charge on any atom is 0.243 e. The standard InChI is InChI=1S/C16H20N2O2S/c1-3-10-18(11-4-2)21(19,20)16-7-5-6-13-12-14(17)8-9-15(13)16/h3,5-9,12H,1,4,10-11,17H2,2H3. The van der Waals surface area contributed by atoms with Gasteiger partial charge in [0.15, 0.2) is 0 Å². The lowest BCUT2D eigenvalue weighted by Gasteiger charge is -2.21. The monoisotopic (exact) mass is 304 g/mol. The summed E-state index contributed by atoms with van der Waals surface area (Å²) in [7, 11) is -3.54. The first-order chi connectivity index (χ1) is 10.0. The molecule has 5 heteroatoms. The molecule has 0 aliphatic carbocycles. The lowest BCUT2D eigenvalue weighted by atomic mass is 10.1. The smallest absolute Gasteiger partial charge is 0.243 e. The Morgan fingerprint density at radius 1 is 1.29 bits per heavy atom. The highest BCUT2D eigenvalue weighted by Gasteiger charge is 2.24. The van der Waals surface area contributed by atoms with Crippen molar-refractivity contribution in [3.05, 3.63) is 49.1 Å². The van der Waals surface area contributed by atoms with Gasteiger partial charge in [-0.1, -0.05) is 31.2 Å². The summed E-state index contributed by atoms with van der Waals surface area (Å²) >= 11 is 0. The third-order valence-electron chi connectivity index (χ3n) is 3.29. The zero-order chi connectivity index (χ0) is 15.5. The lowest BCUT2D eigenvalue weighted by molar-refractivity contribution is 0.442. The number of hydrogen-bond donors (Lipinski definition) is 1. The fourth-order valence-corrected chi connectivity index (χ4v) is 4.06. The van der Waals surface area contributed by atoms with Crippen molar-refractivity contribution >= 4 is 26.5 Å². The molecular formula is C16H20N2O2S. The van der Waals surface area contributed by atoms with Crippen molar-refractivity contribution in [2.24, 2.45) is 0 Å². The highest BCUT2D eigenvalue weighted by molar-refractivity contribution is 7.89. The summed E-state index contributed by atoms with van der Waals surface area (Å²) in [6.07, 6.45) is 2.36. The Morgan fingerprint density at radius 2 is 2.05 bits per heavy atom. The van der Waals surface area contributed by atoms with Gasteiger partial charge in [-0.3, -0.25) is 0 Å². The fourth-order valence-electron chi connectivity index (χ4n) is 2.34. The van der Waals surface area contributed by atoms with Crippen LogP contribution in [0.2, 0.25) is 0 Å². The lowest BCUT2D eigenvalue weighted by Crippen LogP contribution is -2.32. The van der Waals surface area contributed by atoms with E-state index in [2.05, 4.69) is 6.58 Å². The molecule has 0 unspecified atom stereocenters. The van der Waals surface area contributed by atoms with Gasteiger partial charge in [0, 0.05) is 24.2 Å². The molecule has 0 heterocycles. The van der Waals surface area contributed by atoms with Gasteiger partial charge in [-0.05, 0) is 30.0 Å². The number of anilines is 1. The molecule has 0 aromatic heterocycles. The van der Waals surface area contributed by atoms with E-state index in [4.69, 9.17) is 5.73 Å². The molecule has 0 saturated heterocycles. The second-order valence-corrected chi connectivity index (χ2v) is 6.79. The number of benzene rings is 2. The summed E-state index contributed by atoms with van der Waals surface area (Å²) in [6.45, 7) is 6.37. The van der Waals surface area contributed by atoms with Crippen LogP contribution in [0.4, 0.5) is 5.69 Å². The van der Waals surface area contributed by atoms with Crippen molar-refractivity contribution in [2.45, 2.75) is 18.2 Å². The predicted octanol–water partition coefficient (Wildman–Crippen LogP) is 3.01. The molecule has 112 valence electrons. The average molecular weight is 304 g/mol. The Bertz CT molecular complexity index is 754. The highest BCUT2D eigenvalue weighted by atomic mass is 32.2. The van der Waals surface area contributed by atoms with Crippen molar-refractivity contribution in [1.82, 2.24) is 4.31 Å². The molecule has 0 spiro atoms. The molecule has 0 saturated carbocycles. The van der Waals surface area contributed by atoms with E-state index in [1.807, 2.05) is 13.0 Å². The van der Waals surface area contributed by atoms with Gasteiger partial charge in [-0.15, -0.1) is 6.58 Å². The van der Waals surface area contributed by atoms with Crippen LogP contribution in [0.3, 0.4) is 0 Å². The van der Waals surface area contributed by atoms with Gasteiger partial charge in [0.25, 0.3) is 0 Å². The molecule has 2 rings (SSSR count). The molecule has 4 nitrogen and oxygen atoms in total. The molecule has 0 fully saturated rings. The molecule has 0 radical (unpaired) electrons. The molecular weight excluding hydrogens is 284 g/mol. The number of nitrogens with zero attached hydrogens (tertiary/aromatic N) is 1. The molecule has 0 aliphatic rings. The predicted molar refractivity (Wildman–Crippen MR) is 87.6 cm³/mol. The maximum absolute atomic E-state index is 12.9. The van der Waals surface area contributed by atoms with Crippen LogP contribution >= 0.6 is 0 Å². The van der Waals surface area contributed by atoms with E-state index in [1.54, 1.807) is 36.4 Å². The van der Waals surface area contributed by atoms with Crippen molar-refractivity contribution in [3.63, 3.8) is 0 Å². The summed E-state index contributed by atoms with van der Waals surface area (Å²) in [4.78, 5) is 0.315. The normalized spacial score (nSPS) is 11.9. The summed E-state index contributed by atoms with van der Waals surface area (Å²) in [6, 6.07) is 10.5. The van der Waals surface area contributed by atoms with Crippen LogP contribution in [0.5, 0.6) is 0 Å². The van der Waals surface area contributed by atoms with Gasteiger partial charge in [-0.2, -0.15) is 4.31 Å². The summed E-state index contributed by atoms with van der Waals surface area (Å²) in [5.41, 5.74) is 6.38. The molecule has 0 amide bonds. The Kier molecular flexibility index (Phi) is 4.65. The van der Waals surface area contributed by atoms with Crippen LogP contribution in [0.1, 0.15) is 13.3 Å². The van der Waals surface area contributed by atoms with E-state index in [0.717, 1.165) is 11.8 Å². The quantitative estimate of drug-likeness (QED) is 0.659. The Labute approximate surface area is 125 Å². The van der Waals surface area contributed by atoms with Crippen LogP contribution in [0, 0.1) is 0 Å². The minimum absolute atomic E-state index is 0.307. The van der Waals surface area contributed by atoms with Crippen LogP contribution < -0.4 is 5.73 Å². The molecule has 2 aromatic rings. The third-order valence-corrected chi connectivity index (χ3v) is 5.21. The number of nitrogen functional groups attached to an aromatic ring is 1. The van der Waals surface area contributed by atoms with Gasteiger partial charge >= 0.3 is 0 Å². The van der Waals surface area contributed by atoms with Crippen molar-refractivity contribution in [3.8, 4) is 0 Å². The summed E-state index contributed by atoms with van der Waals surface area (Å²) in [5.74, 6) is 0. The van der Waals surface area contributed by atoms with E-state index >= 15 is 0 Å². The minimum Gasteiger partial charge on any atom is -0.399 e. The SMILES string of the molecule is C=CCN(CCC)S(=O)(=O)c1cccc2cc(N)ccc12. The Morgan fingerprint density at radius 3 is 2.71 bits per heavy atom. The second-order valence-electron chi connectivity index (χ2n) is 4.89. The van der Waals surface area contributed by atoms with E-state index in [0.29, 0.717) is 29.1 Å². The average Bonchev–Trinajstić information content (AvgIpc) is 2.46. The van der Waals surface area contributed by atoms with Crippen molar-refractivity contribution in [1.29, 1.82) is 0 Å². The summed E-state index contributed by atoms with van der Waals surface area (Å²) < 4.78 is 27.2. The highest BCUT2D eigenvalue weighted by Crippen LogP contribution is 2.27. The number of nitrogens with two attached hydrogens (primary N) is 1. The number of fused-ring (bicyclic) bond motifs is 1. The van der Waals surface area contributed by atoms with E-state index in [9.17, 15) is 8.42 Å². The zero-order valence-corrected chi connectivity index (χ0v) is 12.9. The first kappa shape index (κ1) is 15.5. The zero-order valence-electron chi connectivity index (χ0n) is 12.1. The fraction of sp³-hybridized carbons (Fsp3) is 0.250. The van der Waals surface area contributed by atoms with Crippen LogP contribution in [-0.4, -0.2) is 25.8 Å². The van der Waals surface area contributed by atoms with Crippen molar-refractivity contribution in [2.75, 3.05) is 18.8 Å². The van der Waals surface area contributed by atoms with Gasteiger partial charge < -0.3 is 5.73 Å². The van der Waals surface area contributed by atoms with Gasteiger partial charge in [0.05, 0.1) is 4.90 Å². The van der Waals surface area contributed by atoms with E-state index < -0.39 is 10.0 Å². The number of rotatable bonds is 6. The van der Waals surface area contributed by atoms with Gasteiger partial charge in [0.1, 0.15) is 0 Å². The summed E-state index contributed by atoms with van der Waals surface area (Å²) in [5, 5.41) is 1.52. The van der Waals surface area contributed by atoms with Gasteiger partial charge in [-0.25, -0.2) is 8.42 Å². The van der Waals surface area contributed by atoms with Crippen LogP contribution in [0.25, 0.3) is 10.8 Å². The van der Waals surface area contributed by atoms with E-state index in [-0.39, 0.29) is 0 Å². The topological polar surface area (TPSA) is 63.4 Å². The van der Waals surface area contributed by atoms with Crippen LogP contribution in [-0.2, 0) is 10.0 Å². The first-order valence-electron chi connectivity index (χ1n) is 6.90. The minimum atomic E-state index is -3.54. The molecule has 21 heavy (non-hydrogen) atoms. The molecule has 0 aliphatic heterocycles. The van der Waals surface area contributed by atoms with E-state index in [1.165, 1.54) is 4.31 Å². The van der Waals surface area contributed by atoms with Gasteiger partial charge in [0.2, 0.25) is 10.0 Å². The van der Waals surface area contributed by atoms with Crippen molar-refractivity contribution < 1.29 is 8.42 Å². The Hall–Kier alpha value is -1.85. The number of sulfonamides is 1. The van der Waals surface area contributed by atoms with Crippen LogP contribution in [0.15, 0.2) is 53.9 Å². The second kappa shape index (κ2) is 6.28. The third kappa shape index (κ3) is 3.09. The molecule has 2 aromatic carbocycles. The molecule has 0 atom stereocenters. The molecule has 2 N–H and O–H groups in total.